The summed E-state index contributed by atoms with van der Waals surface area (Å²) in [5.74, 6) is -1.25. The molecule has 0 bridgehead atoms. The Morgan fingerprint density at radius 1 is 1.12 bits per heavy atom. The van der Waals surface area contributed by atoms with Crippen LogP contribution in [0.5, 0.6) is 0 Å². The Morgan fingerprint density at radius 2 is 1.85 bits per heavy atom. The first-order chi connectivity index (χ1) is 12.5. The Hall–Kier alpha value is -3.16. The van der Waals surface area contributed by atoms with Crippen LogP contribution >= 0.6 is 0 Å². The summed E-state index contributed by atoms with van der Waals surface area (Å²) in [6, 6.07) is 8.73. The average molecular weight is 358 g/mol. The second kappa shape index (κ2) is 9.36. The van der Waals surface area contributed by atoms with Crippen LogP contribution in [-0.4, -0.2) is 39.2 Å². The highest BCUT2D eigenvalue weighted by molar-refractivity contribution is 5.85. The molecule has 0 spiro atoms. The van der Waals surface area contributed by atoms with Crippen molar-refractivity contribution in [3.05, 3.63) is 47.8 Å². The van der Waals surface area contributed by atoms with Crippen molar-refractivity contribution in [2.24, 2.45) is 0 Å². The van der Waals surface area contributed by atoms with E-state index < -0.39 is 5.97 Å². The van der Waals surface area contributed by atoms with Gasteiger partial charge in [0.2, 0.25) is 11.8 Å². The van der Waals surface area contributed by atoms with Crippen molar-refractivity contribution in [2.45, 2.75) is 32.7 Å². The van der Waals surface area contributed by atoms with Crippen molar-refractivity contribution in [2.75, 3.05) is 6.54 Å². The van der Waals surface area contributed by atoms with Crippen LogP contribution in [-0.2, 0) is 16.1 Å². The third-order valence-corrected chi connectivity index (χ3v) is 3.65. The van der Waals surface area contributed by atoms with Crippen molar-refractivity contribution in [3.63, 3.8) is 0 Å². The molecule has 0 radical (unpaired) electrons. The zero-order valence-corrected chi connectivity index (χ0v) is 14.6. The molecule has 0 aliphatic heterocycles. The smallest absolute Gasteiger partial charge is 0.356 e. The monoisotopic (exact) mass is 358 g/mol. The maximum absolute atomic E-state index is 11.9. The summed E-state index contributed by atoms with van der Waals surface area (Å²) in [5.41, 5.74) is 1.54. The number of hydrogen-bond donors (Lipinski definition) is 3. The summed E-state index contributed by atoms with van der Waals surface area (Å²) >= 11 is 0. The number of carbonyl (C=O) groups excluding carboxylic acids is 2. The molecule has 2 aromatic rings. The van der Waals surface area contributed by atoms with Gasteiger partial charge in [-0.3, -0.25) is 9.59 Å². The average Bonchev–Trinajstić information content (AvgIpc) is 3.11. The van der Waals surface area contributed by atoms with Crippen LogP contribution in [0.15, 0.2) is 36.5 Å². The van der Waals surface area contributed by atoms with E-state index in [0.717, 1.165) is 5.56 Å². The van der Waals surface area contributed by atoms with Crippen molar-refractivity contribution >= 4 is 17.8 Å². The molecular formula is C18H22N4O4. The standard InChI is InChI=1S/C18H22N4O4/c1-2-19-16(23)7-4-8-17(24)20-12-13-5-3-6-14(11-13)22-10-9-15(21-22)18(25)26/h3,5-6,9-11H,2,4,7-8,12H2,1H3,(H,19,23)(H,20,24)(H,25,26). The van der Waals surface area contributed by atoms with E-state index in [4.69, 9.17) is 5.11 Å². The number of benzene rings is 1. The molecule has 0 atom stereocenters. The molecule has 8 nitrogen and oxygen atoms in total. The Bertz CT molecular complexity index is 785. The zero-order chi connectivity index (χ0) is 18.9. The van der Waals surface area contributed by atoms with Gasteiger partial charge in [-0.1, -0.05) is 12.1 Å². The van der Waals surface area contributed by atoms with E-state index in [2.05, 4.69) is 15.7 Å². The third-order valence-electron chi connectivity index (χ3n) is 3.65. The fourth-order valence-corrected chi connectivity index (χ4v) is 2.37. The van der Waals surface area contributed by atoms with Crippen LogP contribution in [0.25, 0.3) is 5.69 Å². The summed E-state index contributed by atoms with van der Waals surface area (Å²) in [6.07, 6.45) is 2.70. The van der Waals surface area contributed by atoms with E-state index in [1.165, 1.54) is 10.7 Å². The second-order valence-electron chi connectivity index (χ2n) is 5.70. The van der Waals surface area contributed by atoms with Gasteiger partial charge in [0.1, 0.15) is 0 Å². The molecule has 1 aromatic heterocycles. The van der Waals surface area contributed by atoms with Gasteiger partial charge in [0.25, 0.3) is 0 Å². The normalized spacial score (nSPS) is 10.3. The van der Waals surface area contributed by atoms with Gasteiger partial charge >= 0.3 is 5.97 Å². The number of aromatic carboxylic acids is 1. The van der Waals surface area contributed by atoms with Crippen molar-refractivity contribution in [1.82, 2.24) is 20.4 Å². The van der Waals surface area contributed by atoms with Crippen molar-refractivity contribution in [1.29, 1.82) is 0 Å². The summed E-state index contributed by atoms with van der Waals surface area (Å²) < 4.78 is 1.47. The van der Waals surface area contributed by atoms with E-state index in [9.17, 15) is 14.4 Å². The molecule has 0 saturated carbocycles. The number of carboxylic acid groups (broad SMARTS) is 1. The summed E-state index contributed by atoms with van der Waals surface area (Å²) in [6.45, 7) is 2.79. The Labute approximate surface area is 151 Å². The number of rotatable bonds is 9. The number of carboxylic acids is 1. The van der Waals surface area contributed by atoms with E-state index in [1.54, 1.807) is 12.3 Å². The van der Waals surface area contributed by atoms with Crippen molar-refractivity contribution in [3.8, 4) is 5.69 Å². The second-order valence-corrected chi connectivity index (χ2v) is 5.70. The van der Waals surface area contributed by atoms with E-state index in [0.29, 0.717) is 31.6 Å². The molecule has 3 N–H and O–H groups in total. The summed E-state index contributed by atoms with van der Waals surface area (Å²) in [5, 5.41) is 18.4. The van der Waals surface area contributed by atoms with Gasteiger partial charge in [0.05, 0.1) is 5.69 Å². The minimum absolute atomic E-state index is 0.0317. The highest BCUT2D eigenvalue weighted by Gasteiger charge is 2.08. The van der Waals surface area contributed by atoms with Crippen LogP contribution in [0.4, 0.5) is 0 Å². The molecule has 0 unspecified atom stereocenters. The quantitative estimate of drug-likeness (QED) is 0.628. The van der Waals surface area contributed by atoms with Gasteiger partial charge in [-0.05, 0) is 37.1 Å². The molecule has 2 amide bonds. The maximum Gasteiger partial charge on any atom is 0.356 e. The predicted octanol–water partition coefficient (Wildman–Crippen LogP) is 1.49. The summed E-state index contributed by atoms with van der Waals surface area (Å²) in [4.78, 5) is 34.1. The number of nitrogens with zero attached hydrogens (tertiary/aromatic N) is 2. The SMILES string of the molecule is CCNC(=O)CCCC(=O)NCc1cccc(-n2ccc(C(=O)O)n2)c1. The van der Waals surface area contributed by atoms with Crippen LogP contribution in [0, 0.1) is 0 Å². The molecule has 1 aromatic carbocycles. The fraction of sp³-hybridized carbons (Fsp3) is 0.333. The molecule has 1 heterocycles. The molecule has 8 heteroatoms. The van der Waals surface area contributed by atoms with Gasteiger partial charge in [-0.2, -0.15) is 5.10 Å². The van der Waals surface area contributed by atoms with E-state index in [-0.39, 0.29) is 23.9 Å². The largest absolute Gasteiger partial charge is 0.476 e. The number of nitrogens with one attached hydrogen (secondary N) is 2. The molecule has 2 rings (SSSR count). The third kappa shape index (κ3) is 5.73. The molecule has 26 heavy (non-hydrogen) atoms. The minimum Gasteiger partial charge on any atom is -0.476 e. The molecule has 0 saturated heterocycles. The van der Waals surface area contributed by atoms with Crippen molar-refractivity contribution < 1.29 is 19.5 Å². The summed E-state index contributed by atoms with van der Waals surface area (Å²) in [7, 11) is 0. The van der Waals surface area contributed by atoms with Gasteiger partial charge in [-0.25, -0.2) is 9.48 Å². The molecule has 0 aliphatic rings. The van der Waals surface area contributed by atoms with E-state index >= 15 is 0 Å². The van der Waals surface area contributed by atoms with Gasteiger partial charge < -0.3 is 15.7 Å². The molecule has 0 aliphatic carbocycles. The Balaban J connectivity index is 1.85. The number of aromatic nitrogens is 2. The highest BCUT2D eigenvalue weighted by atomic mass is 16.4. The lowest BCUT2D eigenvalue weighted by Gasteiger charge is -2.08. The van der Waals surface area contributed by atoms with Gasteiger partial charge in [0.15, 0.2) is 5.69 Å². The topological polar surface area (TPSA) is 113 Å². The number of amides is 2. The maximum atomic E-state index is 11.9. The zero-order valence-electron chi connectivity index (χ0n) is 14.6. The lowest BCUT2D eigenvalue weighted by atomic mass is 10.2. The van der Waals surface area contributed by atoms with Crippen LogP contribution in [0.2, 0.25) is 0 Å². The first-order valence-electron chi connectivity index (χ1n) is 8.41. The van der Waals surface area contributed by atoms with Crippen LogP contribution < -0.4 is 10.6 Å². The number of hydrogen-bond acceptors (Lipinski definition) is 4. The molecular weight excluding hydrogens is 336 g/mol. The molecule has 138 valence electrons. The van der Waals surface area contributed by atoms with Gasteiger partial charge in [-0.15, -0.1) is 0 Å². The molecule has 0 fully saturated rings. The number of carbonyl (C=O) groups is 3. The lowest BCUT2D eigenvalue weighted by Crippen LogP contribution is -2.25. The predicted molar refractivity (Wildman–Crippen MR) is 94.9 cm³/mol. The van der Waals surface area contributed by atoms with E-state index in [1.807, 2.05) is 25.1 Å². The first kappa shape index (κ1) is 19.2. The van der Waals surface area contributed by atoms with Crippen LogP contribution in [0.3, 0.4) is 0 Å². The first-order valence-corrected chi connectivity index (χ1v) is 8.41. The Morgan fingerprint density at radius 3 is 2.50 bits per heavy atom. The van der Waals surface area contributed by atoms with Crippen LogP contribution in [0.1, 0.15) is 42.2 Å². The minimum atomic E-state index is -1.08. The lowest BCUT2D eigenvalue weighted by molar-refractivity contribution is -0.122. The highest BCUT2D eigenvalue weighted by Crippen LogP contribution is 2.11. The van der Waals surface area contributed by atoms with Gasteiger partial charge in [0, 0.05) is 32.1 Å². The fourth-order valence-electron chi connectivity index (χ4n) is 2.37. The Kier molecular flexibility index (Phi) is 6.90.